The molecule has 1 aromatic heterocycles. The number of amides is 1. The van der Waals surface area contributed by atoms with Gasteiger partial charge in [0.1, 0.15) is 11.5 Å². The minimum Gasteiger partial charge on any atom is -0.854 e. The van der Waals surface area contributed by atoms with Crippen molar-refractivity contribution in [1.82, 2.24) is 10.1 Å². The van der Waals surface area contributed by atoms with E-state index in [0.717, 1.165) is 25.0 Å². The van der Waals surface area contributed by atoms with Gasteiger partial charge in [-0.1, -0.05) is 48.3 Å². The lowest BCUT2D eigenvalue weighted by Crippen LogP contribution is -2.58. The molecule has 3 aromatic rings. The van der Waals surface area contributed by atoms with Crippen molar-refractivity contribution in [3.05, 3.63) is 48.0 Å². The van der Waals surface area contributed by atoms with E-state index in [2.05, 4.69) is 11.9 Å². The first-order chi connectivity index (χ1) is 16.5. The van der Waals surface area contributed by atoms with Crippen LogP contribution in [0.1, 0.15) is 44.8 Å². The number of fused-ring (bicyclic) bond motifs is 3. The minimum absolute atomic E-state index is 0.184. The molecule has 0 saturated heterocycles. The fourth-order valence-electron chi connectivity index (χ4n) is 4.16. The summed E-state index contributed by atoms with van der Waals surface area (Å²) >= 11 is 1.45. The second kappa shape index (κ2) is 10.3. The Morgan fingerprint density at radius 2 is 1.97 bits per heavy atom. The zero-order valence-electron chi connectivity index (χ0n) is 19.8. The average Bonchev–Trinajstić information content (AvgIpc) is 2.85. The second-order valence-corrected chi connectivity index (χ2v) is 9.00. The summed E-state index contributed by atoms with van der Waals surface area (Å²) in [4.78, 5) is 18.9. The Hall–Kier alpha value is -3.33. The highest BCUT2D eigenvalue weighted by molar-refractivity contribution is 7.99. The molecule has 8 nitrogen and oxygen atoms in total. The number of methoxy groups -OCH3 is 2. The maximum atomic E-state index is 13.3. The molecular weight excluding hydrogens is 452 g/mol. The summed E-state index contributed by atoms with van der Waals surface area (Å²) in [6.07, 6.45) is 2.50. The van der Waals surface area contributed by atoms with Gasteiger partial charge in [-0.15, -0.1) is 0 Å². The quantitative estimate of drug-likeness (QED) is 0.276. The van der Waals surface area contributed by atoms with Crippen LogP contribution < -0.4 is 24.2 Å². The molecule has 4 rings (SSSR count). The zero-order chi connectivity index (χ0) is 24.2. The van der Waals surface area contributed by atoms with Gasteiger partial charge in [-0.05, 0) is 30.7 Å². The molecule has 34 heavy (non-hydrogen) atoms. The third-order valence-electron chi connectivity index (χ3n) is 5.75. The number of carbonyl (C=O) groups excluding carboxylic acids is 1. The standard InChI is InChI=1S/C25H28N4O4S/c1-5-6-9-14-34-25-26-23(31)22-18-10-7-8-11-20(18)28(16(2)30)24(29(22)27-25)19-13-12-17(32-3)15-21(19)33-4/h7-8,10-13,15,24H,5-6,9,14H2,1-4H3. The van der Waals surface area contributed by atoms with E-state index in [0.29, 0.717) is 39.2 Å². The molecule has 1 atom stereocenters. The lowest BCUT2D eigenvalue weighted by molar-refractivity contribution is -0.764. The molecule has 2 heterocycles. The number of hydrogen-bond acceptors (Lipinski definition) is 7. The van der Waals surface area contributed by atoms with Gasteiger partial charge in [-0.2, -0.15) is 0 Å². The number of aromatic nitrogens is 3. The van der Waals surface area contributed by atoms with E-state index in [1.807, 2.05) is 30.3 Å². The largest absolute Gasteiger partial charge is 0.854 e. The van der Waals surface area contributed by atoms with Crippen molar-refractivity contribution in [3.8, 4) is 28.6 Å². The second-order valence-electron chi connectivity index (χ2n) is 7.94. The minimum atomic E-state index is -0.728. The molecule has 0 radical (unpaired) electrons. The van der Waals surface area contributed by atoms with Crippen LogP contribution in [-0.2, 0) is 4.79 Å². The van der Waals surface area contributed by atoms with Gasteiger partial charge in [0, 0.05) is 23.8 Å². The Labute approximate surface area is 203 Å². The van der Waals surface area contributed by atoms with E-state index >= 15 is 0 Å². The summed E-state index contributed by atoms with van der Waals surface area (Å²) in [5.41, 5.74) is 2.27. The van der Waals surface area contributed by atoms with Gasteiger partial charge in [-0.3, -0.25) is 4.79 Å². The Bertz CT molecular complexity index is 1200. The van der Waals surface area contributed by atoms with E-state index in [-0.39, 0.29) is 11.8 Å². The van der Waals surface area contributed by atoms with Crippen molar-refractivity contribution >= 4 is 23.4 Å². The molecule has 0 saturated carbocycles. The van der Waals surface area contributed by atoms with Crippen LogP contribution in [0.25, 0.3) is 11.3 Å². The number of benzene rings is 2. The number of unbranched alkanes of at least 4 members (excludes halogenated alkanes) is 2. The topological polar surface area (TPSA) is 91.5 Å². The van der Waals surface area contributed by atoms with E-state index in [1.165, 1.54) is 18.7 Å². The van der Waals surface area contributed by atoms with Crippen molar-refractivity contribution in [2.45, 2.75) is 44.4 Å². The molecule has 0 aliphatic carbocycles. The summed E-state index contributed by atoms with van der Waals surface area (Å²) in [6, 6.07) is 12.7. The summed E-state index contributed by atoms with van der Waals surface area (Å²) < 4.78 is 12.6. The number of nitrogens with zero attached hydrogens (tertiary/aromatic N) is 4. The van der Waals surface area contributed by atoms with Gasteiger partial charge in [0.15, 0.2) is 0 Å². The number of ether oxygens (including phenoxy) is 2. The van der Waals surface area contributed by atoms with Gasteiger partial charge < -0.3 is 14.6 Å². The molecule has 178 valence electrons. The fourth-order valence-corrected chi connectivity index (χ4v) is 4.99. The molecule has 0 fully saturated rings. The molecule has 0 spiro atoms. The van der Waals surface area contributed by atoms with Crippen LogP contribution in [0.15, 0.2) is 47.6 Å². The average molecular weight is 481 g/mol. The van der Waals surface area contributed by atoms with Gasteiger partial charge in [-0.25, -0.2) is 9.88 Å². The lowest BCUT2D eigenvalue weighted by atomic mass is 10.0. The maximum absolute atomic E-state index is 13.3. The number of thioether (sulfide) groups is 1. The van der Waals surface area contributed by atoms with Crippen LogP contribution in [0.2, 0.25) is 0 Å². The van der Waals surface area contributed by atoms with Crippen LogP contribution >= 0.6 is 11.8 Å². The number of para-hydroxylation sites is 1. The van der Waals surface area contributed by atoms with Crippen LogP contribution in [-0.4, -0.2) is 36.0 Å². The van der Waals surface area contributed by atoms with Gasteiger partial charge in [0.05, 0.1) is 36.9 Å². The van der Waals surface area contributed by atoms with Crippen molar-refractivity contribution in [2.24, 2.45) is 0 Å². The molecule has 1 aliphatic heterocycles. The van der Waals surface area contributed by atoms with Crippen molar-refractivity contribution in [3.63, 3.8) is 0 Å². The van der Waals surface area contributed by atoms with E-state index in [9.17, 15) is 9.90 Å². The predicted octanol–water partition coefficient (Wildman–Crippen LogP) is 3.72. The van der Waals surface area contributed by atoms with Crippen LogP contribution in [0.4, 0.5) is 5.69 Å². The van der Waals surface area contributed by atoms with Crippen LogP contribution in [0.5, 0.6) is 17.4 Å². The zero-order valence-corrected chi connectivity index (χ0v) is 20.6. The summed E-state index contributed by atoms with van der Waals surface area (Å²) in [6.45, 7) is 3.65. The van der Waals surface area contributed by atoms with E-state index in [4.69, 9.17) is 14.6 Å². The number of anilines is 1. The molecule has 1 unspecified atom stereocenters. The normalized spacial score (nSPS) is 14.4. The Balaban J connectivity index is 1.94. The van der Waals surface area contributed by atoms with Crippen molar-refractivity contribution in [2.75, 3.05) is 24.9 Å². The number of hydrogen-bond donors (Lipinski definition) is 0. The number of rotatable bonds is 8. The van der Waals surface area contributed by atoms with Gasteiger partial charge in [0.25, 0.3) is 17.0 Å². The highest BCUT2D eigenvalue weighted by atomic mass is 32.2. The van der Waals surface area contributed by atoms with Crippen molar-refractivity contribution in [1.29, 1.82) is 0 Å². The molecule has 2 aromatic carbocycles. The van der Waals surface area contributed by atoms with E-state index in [1.54, 1.807) is 35.9 Å². The Morgan fingerprint density at radius 1 is 1.18 bits per heavy atom. The molecular formula is C25H28N4O4S. The van der Waals surface area contributed by atoms with Crippen LogP contribution in [0, 0.1) is 0 Å². The third kappa shape index (κ3) is 4.40. The monoisotopic (exact) mass is 480 g/mol. The van der Waals surface area contributed by atoms with Crippen LogP contribution in [0.3, 0.4) is 0 Å². The summed E-state index contributed by atoms with van der Waals surface area (Å²) in [7, 11) is 3.14. The predicted molar refractivity (Wildman–Crippen MR) is 128 cm³/mol. The third-order valence-corrected chi connectivity index (χ3v) is 6.68. The fraction of sp³-hybridized carbons (Fsp3) is 0.360. The lowest BCUT2D eigenvalue weighted by Gasteiger charge is -2.33. The Morgan fingerprint density at radius 3 is 2.68 bits per heavy atom. The highest BCUT2D eigenvalue weighted by Gasteiger charge is 2.45. The molecule has 9 heteroatoms. The highest BCUT2D eigenvalue weighted by Crippen LogP contribution is 2.43. The maximum Gasteiger partial charge on any atom is 0.296 e. The molecule has 1 amide bonds. The molecule has 0 N–H and O–H groups in total. The smallest absolute Gasteiger partial charge is 0.296 e. The van der Waals surface area contributed by atoms with Crippen molar-refractivity contribution < 1.29 is 24.1 Å². The van der Waals surface area contributed by atoms with E-state index < -0.39 is 6.17 Å². The first-order valence-electron chi connectivity index (χ1n) is 11.2. The first-order valence-corrected chi connectivity index (χ1v) is 12.2. The molecule has 0 bridgehead atoms. The Kier molecular flexibility index (Phi) is 7.21. The SMILES string of the molecule is CCCCCSc1nc([O-])c2[n+](n1)C(c1ccc(OC)cc1OC)N(C(C)=O)c1ccccc1-2. The van der Waals surface area contributed by atoms with Gasteiger partial charge in [0.2, 0.25) is 5.91 Å². The molecule has 1 aliphatic rings. The first kappa shape index (κ1) is 23.8. The summed E-state index contributed by atoms with van der Waals surface area (Å²) in [5, 5.41) is 18.5. The summed E-state index contributed by atoms with van der Waals surface area (Å²) in [5.74, 6) is 1.40. The van der Waals surface area contributed by atoms with Gasteiger partial charge >= 0.3 is 0 Å². The number of carbonyl (C=O) groups is 1.